The normalized spacial score (nSPS) is 11.7. The molecule has 0 saturated carbocycles. The quantitative estimate of drug-likeness (QED) is 0.510. The van der Waals surface area contributed by atoms with E-state index in [0.29, 0.717) is 11.3 Å². The number of aryl methyl sites for hydroxylation is 3. The van der Waals surface area contributed by atoms with Crippen LogP contribution in [0.3, 0.4) is 0 Å². The predicted octanol–water partition coefficient (Wildman–Crippen LogP) is 4.24. The summed E-state index contributed by atoms with van der Waals surface area (Å²) in [4.78, 5) is 39.4. The minimum atomic E-state index is -1.09. The van der Waals surface area contributed by atoms with Crippen molar-refractivity contribution in [1.82, 2.24) is 10.2 Å². The monoisotopic (exact) mass is 449 g/mol. The lowest BCUT2D eigenvalue weighted by Gasteiger charge is -2.28. The van der Waals surface area contributed by atoms with Gasteiger partial charge in [-0.3, -0.25) is 14.5 Å². The van der Waals surface area contributed by atoms with Crippen LogP contribution in [0.4, 0.5) is 10.5 Å². The lowest BCUT2D eigenvalue weighted by Crippen LogP contribution is -2.44. The lowest BCUT2D eigenvalue weighted by atomic mass is 9.97. The lowest BCUT2D eigenvalue weighted by molar-refractivity contribution is -0.134. The molecule has 7 nitrogen and oxygen atoms in total. The largest absolute Gasteiger partial charge is 0.444 e. The van der Waals surface area contributed by atoms with Gasteiger partial charge in [-0.2, -0.15) is 0 Å². The molecule has 0 radical (unpaired) electrons. The molecule has 2 aromatic rings. The number of ether oxygens (including phenoxy) is 1. The number of nitrogens with zero attached hydrogens (tertiary/aromatic N) is 1. The van der Waals surface area contributed by atoms with Gasteiger partial charge >= 0.3 is 6.09 Å². The highest BCUT2D eigenvalue weighted by Gasteiger charge is 2.32. The van der Waals surface area contributed by atoms with Gasteiger partial charge in [0.05, 0.1) is 0 Å². The molecule has 1 unspecified atom stereocenters. The molecule has 1 atom stereocenters. The molecule has 2 aromatic carbocycles. The van der Waals surface area contributed by atoms with Crippen LogP contribution in [0.2, 0.25) is 0 Å². The SMILES string of the molecule is C#CN(C(=O)CNC(=O)OC(C)(C)C)C(C(=O)Nc1ccccc1C)c1ccc(C)cc1C. The van der Waals surface area contributed by atoms with Crippen LogP contribution in [0.25, 0.3) is 0 Å². The Bertz CT molecular complexity index is 1080. The number of para-hydroxylation sites is 1. The van der Waals surface area contributed by atoms with Gasteiger partial charge in [-0.15, -0.1) is 0 Å². The average molecular weight is 450 g/mol. The number of hydrogen-bond donors (Lipinski definition) is 2. The zero-order chi connectivity index (χ0) is 24.8. The number of rotatable bonds is 6. The molecule has 0 bridgehead atoms. The zero-order valence-electron chi connectivity index (χ0n) is 20.0. The maximum Gasteiger partial charge on any atom is 0.408 e. The summed E-state index contributed by atoms with van der Waals surface area (Å²) in [6, 6.07) is 14.1. The Labute approximate surface area is 195 Å². The second-order valence-electron chi connectivity index (χ2n) is 8.82. The second-order valence-corrected chi connectivity index (χ2v) is 8.82. The van der Waals surface area contributed by atoms with Crippen LogP contribution in [0.5, 0.6) is 0 Å². The number of anilines is 1. The van der Waals surface area contributed by atoms with E-state index in [1.54, 1.807) is 32.9 Å². The molecule has 0 saturated heterocycles. The van der Waals surface area contributed by atoms with Crippen molar-refractivity contribution in [2.24, 2.45) is 0 Å². The first-order valence-corrected chi connectivity index (χ1v) is 10.6. The highest BCUT2D eigenvalue weighted by atomic mass is 16.6. The Balaban J connectivity index is 2.35. The van der Waals surface area contributed by atoms with Crippen LogP contribution < -0.4 is 10.6 Å². The van der Waals surface area contributed by atoms with E-state index in [1.807, 2.05) is 51.1 Å². The van der Waals surface area contributed by atoms with Crippen molar-refractivity contribution in [3.8, 4) is 12.5 Å². The van der Waals surface area contributed by atoms with Crippen molar-refractivity contribution in [2.75, 3.05) is 11.9 Å². The van der Waals surface area contributed by atoms with Crippen molar-refractivity contribution in [3.63, 3.8) is 0 Å². The number of nitrogens with one attached hydrogen (secondary N) is 2. The molecule has 0 heterocycles. The van der Waals surface area contributed by atoms with Crippen molar-refractivity contribution < 1.29 is 19.1 Å². The number of carbonyl (C=O) groups is 3. The van der Waals surface area contributed by atoms with E-state index in [0.717, 1.165) is 21.6 Å². The van der Waals surface area contributed by atoms with E-state index in [9.17, 15) is 14.4 Å². The summed E-state index contributed by atoms with van der Waals surface area (Å²) in [5.74, 6) is -1.08. The number of amides is 3. The van der Waals surface area contributed by atoms with E-state index < -0.39 is 36.1 Å². The van der Waals surface area contributed by atoms with Crippen molar-refractivity contribution >= 4 is 23.6 Å². The third-order valence-corrected chi connectivity index (χ3v) is 4.82. The Hall–Kier alpha value is -3.79. The molecule has 2 N–H and O–H groups in total. The molecule has 33 heavy (non-hydrogen) atoms. The van der Waals surface area contributed by atoms with Crippen LogP contribution in [0, 0.1) is 33.2 Å². The molecule has 0 aliphatic rings. The summed E-state index contributed by atoms with van der Waals surface area (Å²) in [6.07, 6.45) is 4.94. The van der Waals surface area contributed by atoms with E-state index in [-0.39, 0.29) is 0 Å². The highest BCUT2D eigenvalue weighted by molar-refractivity contribution is 5.99. The van der Waals surface area contributed by atoms with Crippen LogP contribution >= 0.6 is 0 Å². The summed E-state index contributed by atoms with van der Waals surface area (Å²) < 4.78 is 5.17. The van der Waals surface area contributed by atoms with E-state index >= 15 is 0 Å². The van der Waals surface area contributed by atoms with E-state index in [4.69, 9.17) is 11.2 Å². The molecule has 174 valence electrons. The van der Waals surface area contributed by atoms with Crippen molar-refractivity contribution in [1.29, 1.82) is 0 Å². The van der Waals surface area contributed by atoms with Crippen LogP contribution in [-0.2, 0) is 14.3 Å². The first kappa shape index (κ1) is 25.5. The Morgan fingerprint density at radius 1 is 1.06 bits per heavy atom. The molecule has 3 amide bonds. The molecular weight excluding hydrogens is 418 g/mol. The molecule has 0 aromatic heterocycles. The maximum absolute atomic E-state index is 13.4. The number of terminal acetylenes is 1. The summed E-state index contributed by atoms with van der Waals surface area (Å²) >= 11 is 0. The molecule has 0 fully saturated rings. The highest BCUT2D eigenvalue weighted by Crippen LogP contribution is 2.27. The number of carbonyl (C=O) groups excluding carboxylic acids is 3. The van der Waals surface area contributed by atoms with Crippen LogP contribution in [0.1, 0.15) is 49.1 Å². The van der Waals surface area contributed by atoms with Gasteiger partial charge < -0.3 is 15.4 Å². The molecule has 7 heteroatoms. The van der Waals surface area contributed by atoms with Gasteiger partial charge in [0.25, 0.3) is 11.8 Å². The Morgan fingerprint density at radius 3 is 2.30 bits per heavy atom. The minimum absolute atomic E-state index is 0.418. The number of hydrogen-bond acceptors (Lipinski definition) is 4. The van der Waals surface area contributed by atoms with E-state index in [1.165, 1.54) is 0 Å². The minimum Gasteiger partial charge on any atom is -0.444 e. The third-order valence-electron chi connectivity index (χ3n) is 4.82. The van der Waals surface area contributed by atoms with Crippen molar-refractivity contribution in [3.05, 3.63) is 64.7 Å². The van der Waals surface area contributed by atoms with Gasteiger partial charge in [0.1, 0.15) is 18.2 Å². The molecule has 2 rings (SSSR count). The van der Waals surface area contributed by atoms with Gasteiger partial charge in [0.15, 0.2) is 0 Å². The maximum atomic E-state index is 13.4. The molecular formula is C26H31N3O4. The topological polar surface area (TPSA) is 87.7 Å². The fraction of sp³-hybridized carbons (Fsp3) is 0.346. The molecule has 0 aliphatic heterocycles. The number of benzene rings is 2. The first-order chi connectivity index (χ1) is 15.4. The summed E-state index contributed by atoms with van der Waals surface area (Å²) in [6.45, 7) is 10.4. The summed E-state index contributed by atoms with van der Waals surface area (Å²) in [5, 5.41) is 5.28. The number of alkyl carbamates (subject to hydrolysis) is 1. The fourth-order valence-electron chi connectivity index (χ4n) is 3.28. The van der Waals surface area contributed by atoms with Gasteiger partial charge in [-0.1, -0.05) is 48.4 Å². The second kappa shape index (κ2) is 10.7. The summed E-state index contributed by atoms with van der Waals surface area (Å²) in [7, 11) is 0. The van der Waals surface area contributed by atoms with Gasteiger partial charge in [0, 0.05) is 11.7 Å². The van der Waals surface area contributed by atoms with Crippen LogP contribution in [-0.4, -0.2) is 35.0 Å². The van der Waals surface area contributed by atoms with Crippen LogP contribution in [0.15, 0.2) is 42.5 Å². The van der Waals surface area contributed by atoms with E-state index in [2.05, 4.69) is 16.7 Å². The Morgan fingerprint density at radius 2 is 1.73 bits per heavy atom. The molecule has 0 aliphatic carbocycles. The zero-order valence-corrected chi connectivity index (χ0v) is 20.0. The van der Waals surface area contributed by atoms with Crippen molar-refractivity contribution in [2.45, 2.75) is 53.2 Å². The van der Waals surface area contributed by atoms with Gasteiger partial charge in [-0.25, -0.2) is 4.79 Å². The van der Waals surface area contributed by atoms with Gasteiger partial charge in [-0.05, 0) is 64.3 Å². The fourth-order valence-corrected chi connectivity index (χ4v) is 3.28. The standard InChI is InChI=1S/C26H31N3O4/c1-8-29(22(30)16-27-25(32)33-26(5,6)7)23(20-14-13-17(2)15-19(20)4)24(31)28-21-12-10-9-11-18(21)3/h1,9-15,23H,16H2,2-7H3,(H,27,32)(H,28,31). The molecule has 0 spiro atoms. The predicted molar refractivity (Wildman–Crippen MR) is 128 cm³/mol. The smallest absolute Gasteiger partial charge is 0.408 e. The third kappa shape index (κ3) is 7.11. The van der Waals surface area contributed by atoms with Gasteiger partial charge in [0.2, 0.25) is 0 Å². The Kier molecular flexibility index (Phi) is 8.25. The average Bonchev–Trinajstić information content (AvgIpc) is 2.71. The summed E-state index contributed by atoms with van der Waals surface area (Å²) in [5.41, 5.74) is 3.19. The first-order valence-electron chi connectivity index (χ1n) is 10.6.